The first-order valence-corrected chi connectivity index (χ1v) is 5.09. The number of nitrogens with zero attached hydrogens (tertiary/aromatic N) is 2. The van der Waals surface area contributed by atoms with Crippen LogP contribution < -0.4 is 0 Å². The number of aromatic carboxylic acids is 1. The van der Waals surface area contributed by atoms with Crippen molar-refractivity contribution >= 4 is 11.8 Å². The molecule has 1 aromatic rings. The highest BCUT2D eigenvalue weighted by Crippen LogP contribution is 2.12. The van der Waals surface area contributed by atoms with Crippen LogP contribution in [0.2, 0.25) is 0 Å². The second-order valence-corrected chi connectivity index (χ2v) is 3.81. The van der Waals surface area contributed by atoms with Crippen molar-refractivity contribution in [1.82, 2.24) is 9.97 Å². The molecule has 0 aromatic carbocycles. The van der Waals surface area contributed by atoms with E-state index in [2.05, 4.69) is 9.97 Å². The fraction of sp³-hybridized carbons (Fsp3) is 0.455. The van der Waals surface area contributed by atoms with E-state index in [0.717, 1.165) is 0 Å². The minimum Gasteiger partial charge on any atom is -0.476 e. The van der Waals surface area contributed by atoms with Gasteiger partial charge in [-0.2, -0.15) is 0 Å². The number of ketones is 1. The van der Waals surface area contributed by atoms with Crippen molar-refractivity contribution in [3.8, 4) is 0 Å². The first-order chi connectivity index (χ1) is 7.97. The van der Waals surface area contributed by atoms with Crippen LogP contribution in [0.25, 0.3) is 0 Å². The van der Waals surface area contributed by atoms with E-state index in [-0.39, 0.29) is 35.4 Å². The number of hydrogen-bond donors (Lipinski definition) is 1. The minimum absolute atomic E-state index is 0.0346. The van der Waals surface area contributed by atoms with Crippen LogP contribution in [0, 0.1) is 5.92 Å². The van der Waals surface area contributed by atoms with Crippen LogP contribution in [0.4, 0.5) is 0 Å². The van der Waals surface area contributed by atoms with Crippen molar-refractivity contribution in [3.05, 3.63) is 23.3 Å². The Kier molecular flexibility index (Phi) is 4.28. The average molecular weight is 238 g/mol. The van der Waals surface area contributed by atoms with Gasteiger partial charge < -0.3 is 9.84 Å². The summed E-state index contributed by atoms with van der Waals surface area (Å²) in [5, 5.41) is 9.01. The van der Waals surface area contributed by atoms with Crippen molar-refractivity contribution in [2.24, 2.45) is 5.92 Å². The topological polar surface area (TPSA) is 89.4 Å². The summed E-state index contributed by atoms with van der Waals surface area (Å²) in [4.78, 5) is 30.5. The summed E-state index contributed by atoms with van der Waals surface area (Å²) in [6.07, 6.45) is 1.24. The molecular weight excluding hydrogens is 224 g/mol. The quantitative estimate of drug-likeness (QED) is 0.774. The number of aromatic nitrogens is 2. The molecule has 0 saturated carbocycles. The van der Waals surface area contributed by atoms with Crippen LogP contribution in [0.15, 0.2) is 6.20 Å². The highest BCUT2D eigenvalue weighted by molar-refractivity contribution is 6.05. The molecule has 0 atom stereocenters. The predicted octanol–water partition coefficient (Wildman–Crippen LogP) is 1.16. The van der Waals surface area contributed by atoms with Crippen molar-refractivity contribution in [1.29, 1.82) is 0 Å². The third-order valence-corrected chi connectivity index (χ3v) is 2.10. The van der Waals surface area contributed by atoms with E-state index in [9.17, 15) is 9.59 Å². The van der Waals surface area contributed by atoms with Gasteiger partial charge in [0.05, 0.1) is 5.56 Å². The van der Waals surface area contributed by atoms with E-state index in [1.807, 2.05) is 0 Å². The Labute approximate surface area is 98.7 Å². The predicted molar refractivity (Wildman–Crippen MR) is 58.9 cm³/mol. The maximum Gasteiger partial charge on any atom is 0.355 e. The zero-order valence-corrected chi connectivity index (χ0v) is 9.93. The molecule has 1 N–H and O–H groups in total. The maximum atomic E-state index is 11.8. The maximum absolute atomic E-state index is 11.8. The molecule has 0 saturated heterocycles. The average Bonchev–Trinajstić information content (AvgIpc) is 2.28. The Hall–Kier alpha value is -1.82. The van der Waals surface area contributed by atoms with Crippen molar-refractivity contribution < 1.29 is 19.4 Å². The number of methoxy groups -OCH3 is 1. The van der Waals surface area contributed by atoms with Gasteiger partial charge in [-0.05, 0) is 0 Å². The van der Waals surface area contributed by atoms with Gasteiger partial charge in [0.15, 0.2) is 17.3 Å². The molecule has 1 heterocycles. The molecule has 0 amide bonds. The Balaban J connectivity index is 3.22. The van der Waals surface area contributed by atoms with Crippen LogP contribution in [0.5, 0.6) is 0 Å². The third kappa shape index (κ3) is 3.07. The molecule has 0 bridgehead atoms. The van der Waals surface area contributed by atoms with E-state index in [1.54, 1.807) is 13.8 Å². The highest BCUT2D eigenvalue weighted by atomic mass is 16.5. The summed E-state index contributed by atoms with van der Waals surface area (Å²) in [6, 6.07) is 0. The van der Waals surface area contributed by atoms with E-state index < -0.39 is 5.97 Å². The lowest BCUT2D eigenvalue weighted by Gasteiger charge is -2.08. The van der Waals surface area contributed by atoms with Gasteiger partial charge in [-0.15, -0.1) is 0 Å². The third-order valence-electron chi connectivity index (χ3n) is 2.10. The summed E-state index contributed by atoms with van der Waals surface area (Å²) >= 11 is 0. The zero-order valence-electron chi connectivity index (χ0n) is 9.93. The Morgan fingerprint density at radius 3 is 2.59 bits per heavy atom. The number of ether oxygens (including phenoxy) is 1. The SMILES string of the molecule is COCc1ncc(C(=O)C(C)C)c(C(=O)O)n1. The monoisotopic (exact) mass is 238 g/mol. The fourth-order valence-corrected chi connectivity index (χ4v) is 1.27. The molecule has 92 valence electrons. The fourth-order valence-electron chi connectivity index (χ4n) is 1.27. The van der Waals surface area contributed by atoms with Gasteiger partial charge in [0, 0.05) is 19.2 Å². The van der Waals surface area contributed by atoms with E-state index in [1.165, 1.54) is 13.3 Å². The molecule has 17 heavy (non-hydrogen) atoms. The van der Waals surface area contributed by atoms with Crippen molar-refractivity contribution in [2.45, 2.75) is 20.5 Å². The molecule has 6 nitrogen and oxygen atoms in total. The van der Waals surface area contributed by atoms with Gasteiger partial charge in [0.25, 0.3) is 0 Å². The zero-order chi connectivity index (χ0) is 13.0. The smallest absolute Gasteiger partial charge is 0.355 e. The summed E-state index contributed by atoms with van der Waals surface area (Å²) in [5.41, 5.74) is -0.238. The summed E-state index contributed by atoms with van der Waals surface area (Å²) in [5.74, 6) is -1.59. The molecule has 1 rings (SSSR count). The number of Topliss-reactive ketones (excluding diaryl/α,β-unsaturated/α-hetero) is 1. The first kappa shape index (κ1) is 13.2. The van der Waals surface area contributed by atoms with Crippen molar-refractivity contribution in [3.63, 3.8) is 0 Å². The number of carbonyl (C=O) groups excluding carboxylic acids is 1. The standard InChI is InChI=1S/C11H14N2O4/c1-6(2)10(14)7-4-12-8(5-17-3)13-9(7)11(15)16/h4,6H,5H2,1-3H3,(H,15,16). The normalized spacial score (nSPS) is 10.6. The van der Waals surface area contributed by atoms with E-state index >= 15 is 0 Å². The van der Waals surface area contributed by atoms with Gasteiger partial charge in [-0.1, -0.05) is 13.8 Å². The molecule has 6 heteroatoms. The molecule has 0 unspecified atom stereocenters. The number of carboxylic acids is 1. The summed E-state index contributed by atoms with van der Waals surface area (Å²) in [7, 11) is 1.46. The Bertz CT molecular complexity index is 443. The highest BCUT2D eigenvalue weighted by Gasteiger charge is 2.21. The number of carbonyl (C=O) groups is 2. The van der Waals surface area contributed by atoms with Gasteiger partial charge in [-0.3, -0.25) is 4.79 Å². The molecule has 0 radical (unpaired) electrons. The lowest BCUT2D eigenvalue weighted by molar-refractivity contribution is 0.0682. The van der Waals surface area contributed by atoms with Crippen LogP contribution in [-0.4, -0.2) is 33.9 Å². The van der Waals surface area contributed by atoms with Gasteiger partial charge >= 0.3 is 5.97 Å². The van der Waals surface area contributed by atoms with Crippen LogP contribution in [-0.2, 0) is 11.3 Å². The Morgan fingerprint density at radius 2 is 2.12 bits per heavy atom. The molecular formula is C11H14N2O4. The molecule has 0 spiro atoms. The van der Waals surface area contributed by atoms with E-state index in [4.69, 9.17) is 9.84 Å². The first-order valence-electron chi connectivity index (χ1n) is 5.09. The van der Waals surface area contributed by atoms with Crippen LogP contribution in [0.1, 0.15) is 40.5 Å². The van der Waals surface area contributed by atoms with Gasteiger partial charge in [0.1, 0.15) is 6.61 Å². The van der Waals surface area contributed by atoms with Gasteiger partial charge in [0.2, 0.25) is 0 Å². The van der Waals surface area contributed by atoms with Crippen LogP contribution in [0.3, 0.4) is 0 Å². The molecule has 0 aliphatic heterocycles. The molecule has 0 aliphatic carbocycles. The number of carboxylic acid groups (broad SMARTS) is 1. The van der Waals surface area contributed by atoms with Crippen molar-refractivity contribution in [2.75, 3.05) is 7.11 Å². The lowest BCUT2D eigenvalue weighted by Crippen LogP contribution is -2.17. The second kappa shape index (κ2) is 5.49. The summed E-state index contributed by atoms with van der Waals surface area (Å²) in [6.45, 7) is 3.49. The molecule has 0 aliphatic rings. The molecule has 1 aromatic heterocycles. The lowest BCUT2D eigenvalue weighted by atomic mass is 10.0. The molecule has 0 fully saturated rings. The Morgan fingerprint density at radius 1 is 1.47 bits per heavy atom. The van der Waals surface area contributed by atoms with Crippen LogP contribution >= 0.6 is 0 Å². The second-order valence-electron chi connectivity index (χ2n) is 3.81. The van der Waals surface area contributed by atoms with Gasteiger partial charge in [-0.25, -0.2) is 14.8 Å². The summed E-state index contributed by atoms with van der Waals surface area (Å²) < 4.78 is 4.81. The number of rotatable bonds is 5. The largest absolute Gasteiger partial charge is 0.476 e. The number of hydrogen-bond acceptors (Lipinski definition) is 5. The van der Waals surface area contributed by atoms with E-state index in [0.29, 0.717) is 0 Å². The minimum atomic E-state index is -1.24.